The summed E-state index contributed by atoms with van der Waals surface area (Å²) >= 11 is 0. The lowest BCUT2D eigenvalue weighted by molar-refractivity contribution is 0.222. The maximum Gasteiger partial charge on any atom is 0.0405 e. The first kappa shape index (κ1) is 13.7. The number of nitrogens with zero attached hydrogens (tertiary/aromatic N) is 2. The molecular weight excluding hydrogens is 244 g/mol. The van der Waals surface area contributed by atoms with E-state index in [-0.39, 0.29) is 0 Å². The molecule has 2 nitrogen and oxygen atoms in total. The predicted octanol–water partition coefficient (Wildman–Crippen LogP) is 3.65. The molecule has 1 saturated heterocycles. The molecule has 2 heteroatoms. The van der Waals surface area contributed by atoms with E-state index in [1.165, 1.54) is 57.5 Å². The van der Waals surface area contributed by atoms with Crippen LogP contribution in [0.3, 0.4) is 0 Å². The van der Waals surface area contributed by atoms with Crippen molar-refractivity contribution in [3.63, 3.8) is 0 Å². The van der Waals surface area contributed by atoms with E-state index >= 15 is 0 Å². The van der Waals surface area contributed by atoms with Gasteiger partial charge in [-0.05, 0) is 50.5 Å². The van der Waals surface area contributed by atoms with Gasteiger partial charge in [0.05, 0.1) is 0 Å². The molecule has 1 unspecified atom stereocenters. The minimum Gasteiger partial charge on any atom is -0.367 e. The molecular formula is C18H26N2. The van der Waals surface area contributed by atoms with Gasteiger partial charge in [0.1, 0.15) is 0 Å². The average molecular weight is 270 g/mol. The van der Waals surface area contributed by atoms with Crippen molar-refractivity contribution in [1.82, 2.24) is 4.90 Å². The van der Waals surface area contributed by atoms with Gasteiger partial charge in [-0.25, -0.2) is 0 Å². The molecule has 0 N–H and O–H groups in total. The van der Waals surface area contributed by atoms with Gasteiger partial charge in [0.2, 0.25) is 0 Å². The van der Waals surface area contributed by atoms with E-state index in [4.69, 9.17) is 0 Å². The zero-order valence-corrected chi connectivity index (χ0v) is 12.4. The van der Waals surface area contributed by atoms with Gasteiger partial charge in [0.15, 0.2) is 0 Å². The number of hydrogen-bond acceptors (Lipinski definition) is 2. The van der Waals surface area contributed by atoms with Crippen LogP contribution >= 0.6 is 0 Å². The first-order chi connectivity index (χ1) is 9.88. The zero-order chi connectivity index (χ0) is 13.8. The fraction of sp³-hybridized carbons (Fsp3) is 0.556. The maximum atomic E-state index is 3.89. The van der Waals surface area contributed by atoms with E-state index in [9.17, 15) is 0 Å². The molecule has 0 radical (unpaired) electrons. The van der Waals surface area contributed by atoms with Gasteiger partial charge < -0.3 is 9.80 Å². The molecule has 0 aromatic heterocycles. The molecule has 0 spiro atoms. The first-order valence-corrected chi connectivity index (χ1v) is 8.05. The molecule has 3 rings (SSSR count). The largest absolute Gasteiger partial charge is 0.367 e. The van der Waals surface area contributed by atoms with E-state index in [0.717, 1.165) is 6.54 Å². The summed E-state index contributed by atoms with van der Waals surface area (Å²) in [4.78, 5) is 5.13. The number of likely N-dealkylation sites (tertiary alicyclic amines) is 1. The number of rotatable bonds is 5. The fourth-order valence-corrected chi connectivity index (χ4v) is 3.68. The standard InChI is InChI=1S/C18H26N2/c1-2-11-20-15-16(17-8-4-5-9-18(17)20)10-14-19-12-6-3-7-13-19/h2,4-5,8-9,16H,1,3,6-7,10-15H2. The van der Waals surface area contributed by atoms with Crippen LogP contribution in [-0.4, -0.2) is 37.6 Å². The highest BCUT2D eigenvalue weighted by atomic mass is 15.2. The molecule has 108 valence electrons. The number of piperidine rings is 1. The molecule has 0 aliphatic carbocycles. The second-order valence-corrected chi connectivity index (χ2v) is 6.14. The number of benzene rings is 1. The Kier molecular flexibility index (Phi) is 4.41. The molecule has 2 aliphatic heterocycles. The van der Waals surface area contributed by atoms with Crippen molar-refractivity contribution in [1.29, 1.82) is 0 Å². The van der Waals surface area contributed by atoms with Crippen LogP contribution < -0.4 is 4.90 Å². The smallest absolute Gasteiger partial charge is 0.0405 e. The lowest BCUT2D eigenvalue weighted by atomic mass is 9.97. The number of hydrogen-bond donors (Lipinski definition) is 0. The van der Waals surface area contributed by atoms with E-state index < -0.39 is 0 Å². The van der Waals surface area contributed by atoms with Crippen molar-refractivity contribution >= 4 is 5.69 Å². The SMILES string of the molecule is C=CCN1CC(CCN2CCCCC2)c2ccccc21. The molecule has 1 aromatic rings. The Balaban J connectivity index is 1.63. The highest BCUT2D eigenvalue weighted by molar-refractivity contribution is 5.60. The minimum absolute atomic E-state index is 0.702. The van der Waals surface area contributed by atoms with E-state index in [1.807, 2.05) is 6.08 Å². The van der Waals surface area contributed by atoms with Crippen LogP contribution in [0.1, 0.15) is 37.2 Å². The van der Waals surface area contributed by atoms with E-state index in [2.05, 4.69) is 40.6 Å². The molecule has 0 amide bonds. The third-order valence-electron chi connectivity index (χ3n) is 4.75. The first-order valence-electron chi connectivity index (χ1n) is 8.05. The van der Waals surface area contributed by atoms with Crippen LogP contribution in [0.5, 0.6) is 0 Å². The highest BCUT2D eigenvalue weighted by Gasteiger charge is 2.27. The summed E-state index contributed by atoms with van der Waals surface area (Å²) in [6.45, 7) is 9.91. The second-order valence-electron chi connectivity index (χ2n) is 6.14. The summed E-state index contributed by atoms with van der Waals surface area (Å²) in [6.07, 6.45) is 7.53. The quantitative estimate of drug-likeness (QED) is 0.754. The second kappa shape index (κ2) is 6.45. The molecule has 2 heterocycles. The Morgan fingerprint density at radius 1 is 1.15 bits per heavy atom. The highest BCUT2D eigenvalue weighted by Crippen LogP contribution is 2.37. The number of para-hydroxylation sites is 1. The van der Waals surface area contributed by atoms with Crippen LogP contribution in [0.2, 0.25) is 0 Å². The molecule has 1 aromatic carbocycles. The van der Waals surface area contributed by atoms with Gasteiger partial charge in [-0.2, -0.15) is 0 Å². The van der Waals surface area contributed by atoms with Crippen molar-refractivity contribution < 1.29 is 0 Å². The minimum atomic E-state index is 0.702. The molecule has 1 atom stereocenters. The molecule has 0 saturated carbocycles. The van der Waals surface area contributed by atoms with Crippen LogP contribution in [0, 0.1) is 0 Å². The number of anilines is 1. The van der Waals surface area contributed by atoms with Gasteiger partial charge in [-0.1, -0.05) is 30.7 Å². The molecule has 2 aliphatic rings. The summed E-state index contributed by atoms with van der Waals surface area (Å²) in [7, 11) is 0. The molecule has 0 bridgehead atoms. The zero-order valence-electron chi connectivity index (χ0n) is 12.4. The fourth-order valence-electron chi connectivity index (χ4n) is 3.68. The third-order valence-corrected chi connectivity index (χ3v) is 4.75. The molecule has 20 heavy (non-hydrogen) atoms. The van der Waals surface area contributed by atoms with Crippen molar-refractivity contribution in [3.8, 4) is 0 Å². The van der Waals surface area contributed by atoms with Gasteiger partial charge in [-0.15, -0.1) is 6.58 Å². The Morgan fingerprint density at radius 3 is 2.75 bits per heavy atom. The van der Waals surface area contributed by atoms with Crippen LogP contribution in [-0.2, 0) is 0 Å². The predicted molar refractivity (Wildman–Crippen MR) is 86.5 cm³/mol. The Hall–Kier alpha value is -1.28. The summed E-state index contributed by atoms with van der Waals surface area (Å²) < 4.78 is 0. The van der Waals surface area contributed by atoms with Gasteiger partial charge >= 0.3 is 0 Å². The maximum absolute atomic E-state index is 3.89. The average Bonchev–Trinajstić information content (AvgIpc) is 2.85. The molecule has 1 fully saturated rings. The summed E-state index contributed by atoms with van der Waals surface area (Å²) in [5, 5.41) is 0. The third kappa shape index (κ3) is 2.90. The van der Waals surface area contributed by atoms with Crippen molar-refractivity contribution in [2.75, 3.05) is 37.6 Å². The van der Waals surface area contributed by atoms with E-state index in [1.54, 1.807) is 5.56 Å². The lowest BCUT2D eigenvalue weighted by Gasteiger charge is -2.27. The Bertz CT molecular complexity index is 448. The van der Waals surface area contributed by atoms with Gasteiger partial charge in [0.25, 0.3) is 0 Å². The summed E-state index contributed by atoms with van der Waals surface area (Å²) in [5.74, 6) is 0.702. The Morgan fingerprint density at radius 2 is 1.95 bits per heavy atom. The monoisotopic (exact) mass is 270 g/mol. The van der Waals surface area contributed by atoms with Gasteiger partial charge in [0, 0.05) is 24.7 Å². The normalized spacial score (nSPS) is 22.8. The topological polar surface area (TPSA) is 6.48 Å². The summed E-state index contributed by atoms with van der Waals surface area (Å²) in [5.41, 5.74) is 2.97. The van der Waals surface area contributed by atoms with E-state index in [0.29, 0.717) is 5.92 Å². The van der Waals surface area contributed by atoms with Crippen molar-refractivity contribution in [2.24, 2.45) is 0 Å². The van der Waals surface area contributed by atoms with Crippen LogP contribution in [0.25, 0.3) is 0 Å². The van der Waals surface area contributed by atoms with Crippen molar-refractivity contribution in [3.05, 3.63) is 42.5 Å². The summed E-state index contributed by atoms with van der Waals surface area (Å²) in [6, 6.07) is 8.92. The number of fused-ring (bicyclic) bond motifs is 1. The van der Waals surface area contributed by atoms with Crippen LogP contribution in [0.4, 0.5) is 5.69 Å². The van der Waals surface area contributed by atoms with Crippen molar-refractivity contribution in [2.45, 2.75) is 31.6 Å². The van der Waals surface area contributed by atoms with Crippen LogP contribution in [0.15, 0.2) is 36.9 Å². The lowest BCUT2D eigenvalue weighted by Crippen LogP contribution is -2.32. The van der Waals surface area contributed by atoms with Gasteiger partial charge in [-0.3, -0.25) is 0 Å². The Labute approximate surface area is 123 Å².